The first-order valence-corrected chi connectivity index (χ1v) is 6.85. The Labute approximate surface area is 119 Å². The van der Waals surface area contributed by atoms with Gasteiger partial charge in [0.15, 0.2) is 0 Å². The molecule has 1 fully saturated rings. The minimum Gasteiger partial charge on any atom is -0.326 e. The van der Waals surface area contributed by atoms with E-state index in [-0.39, 0.29) is 11.8 Å². The molecule has 1 aliphatic heterocycles. The van der Waals surface area contributed by atoms with Crippen molar-refractivity contribution in [2.75, 3.05) is 17.2 Å². The van der Waals surface area contributed by atoms with E-state index in [0.717, 1.165) is 36.3 Å². The Kier molecular flexibility index (Phi) is 4.09. The van der Waals surface area contributed by atoms with Crippen LogP contribution in [0, 0.1) is 6.92 Å². The zero-order valence-corrected chi connectivity index (χ0v) is 12.2. The number of rotatable bonds is 3. The molecular weight excluding hydrogens is 254 g/mol. The lowest BCUT2D eigenvalue weighted by Gasteiger charge is -2.23. The smallest absolute Gasteiger partial charge is 0.244 e. The number of nitrogens with one attached hydrogen (secondary N) is 3. The fourth-order valence-corrected chi connectivity index (χ4v) is 2.43. The number of carbonyl (C=O) groups excluding carboxylic acids is 2. The minimum atomic E-state index is -0.482. The number of hydrogen-bond donors (Lipinski definition) is 3. The van der Waals surface area contributed by atoms with Crippen LogP contribution in [0.25, 0.3) is 0 Å². The summed E-state index contributed by atoms with van der Waals surface area (Å²) >= 11 is 0. The number of hydrogen-bond acceptors (Lipinski definition) is 3. The molecule has 3 N–H and O–H groups in total. The van der Waals surface area contributed by atoms with Gasteiger partial charge in [0.2, 0.25) is 11.8 Å². The summed E-state index contributed by atoms with van der Waals surface area (Å²) in [7, 11) is 0. The van der Waals surface area contributed by atoms with Crippen molar-refractivity contribution in [1.29, 1.82) is 0 Å². The average molecular weight is 275 g/mol. The molecule has 0 radical (unpaired) electrons. The maximum absolute atomic E-state index is 12.3. The molecular formula is C15H21N3O2. The van der Waals surface area contributed by atoms with Gasteiger partial charge in [0.1, 0.15) is 0 Å². The Morgan fingerprint density at radius 2 is 2.05 bits per heavy atom. The molecule has 0 saturated carbocycles. The van der Waals surface area contributed by atoms with Gasteiger partial charge in [0, 0.05) is 18.3 Å². The summed E-state index contributed by atoms with van der Waals surface area (Å²) in [5.41, 5.74) is 1.95. The molecule has 108 valence electrons. The first-order valence-electron chi connectivity index (χ1n) is 6.85. The summed E-state index contributed by atoms with van der Waals surface area (Å²) in [4.78, 5) is 23.3. The van der Waals surface area contributed by atoms with Crippen molar-refractivity contribution in [3.8, 4) is 0 Å². The maximum Gasteiger partial charge on any atom is 0.244 e. The quantitative estimate of drug-likeness (QED) is 0.790. The van der Waals surface area contributed by atoms with Crippen molar-refractivity contribution in [2.24, 2.45) is 0 Å². The van der Waals surface area contributed by atoms with Crippen molar-refractivity contribution in [3.05, 3.63) is 23.8 Å². The van der Waals surface area contributed by atoms with Gasteiger partial charge in [-0.1, -0.05) is 0 Å². The monoisotopic (exact) mass is 275 g/mol. The third kappa shape index (κ3) is 3.17. The van der Waals surface area contributed by atoms with Crippen molar-refractivity contribution in [2.45, 2.75) is 39.2 Å². The van der Waals surface area contributed by atoms with E-state index >= 15 is 0 Å². The average Bonchev–Trinajstić information content (AvgIpc) is 2.81. The molecule has 2 amide bonds. The summed E-state index contributed by atoms with van der Waals surface area (Å²) in [6.45, 7) is 6.18. The van der Waals surface area contributed by atoms with Crippen LogP contribution in [0.1, 0.15) is 32.3 Å². The van der Waals surface area contributed by atoms with E-state index in [1.807, 2.05) is 19.9 Å². The summed E-state index contributed by atoms with van der Waals surface area (Å²) in [6, 6.07) is 5.47. The summed E-state index contributed by atoms with van der Waals surface area (Å²) in [6.07, 6.45) is 1.87. The molecule has 5 nitrogen and oxygen atoms in total. The molecule has 1 aliphatic rings. The summed E-state index contributed by atoms with van der Waals surface area (Å²) in [5.74, 6) is -0.116. The highest BCUT2D eigenvalue weighted by molar-refractivity contribution is 5.98. The van der Waals surface area contributed by atoms with Gasteiger partial charge in [0.05, 0.1) is 5.54 Å². The highest BCUT2D eigenvalue weighted by atomic mass is 16.2. The van der Waals surface area contributed by atoms with E-state index in [1.54, 1.807) is 12.1 Å². The first-order chi connectivity index (χ1) is 9.40. The third-order valence-electron chi connectivity index (χ3n) is 3.66. The second-order valence-electron chi connectivity index (χ2n) is 5.53. The molecule has 5 heteroatoms. The van der Waals surface area contributed by atoms with E-state index < -0.39 is 5.54 Å². The van der Waals surface area contributed by atoms with Gasteiger partial charge in [-0.25, -0.2) is 0 Å². The molecule has 0 bridgehead atoms. The third-order valence-corrected chi connectivity index (χ3v) is 3.66. The minimum absolute atomic E-state index is 0.0123. The topological polar surface area (TPSA) is 70.2 Å². The fraction of sp³-hybridized carbons (Fsp3) is 0.467. The number of aryl methyl sites for hydroxylation is 1. The Bertz CT molecular complexity index is 534. The van der Waals surface area contributed by atoms with Crippen molar-refractivity contribution >= 4 is 23.2 Å². The number of carbonyl (C=O) groups is 2. The van der Waals surface area contributed by atoms with Crippen molar-refractivity contribution in [1.82, 2.24) is 5.32 Å². The van der Waals surface area contributed by atoms with Crippen LogP contribution in [-0.2, 0) is 9.59 Å². The lowest BCUT2D eigenvalue weighted by Crippen LogP contribution is -2.47. The molecule has 2 rings (SSSR count). The van der Waals surface area contributed by atoms with Crippen LogP contribution < -0.4 is 16.0 Å². The molecule has 20 heavy (non-hydrogen) atoms. The van der Waals surface area contributed by atoms with Gasteiger partial charge >= 0.3 is 0 Å². The van der Waals surface area contributed by atoms with Crippen LogP contribution in [0.4, 0.5) is 11.4 Å². The van der Waals surface area contributed by atoms with Crippen LogP contribution in [0.5, 0.6) is 0 Å². The second-order valence-corrected chi connectivity index (χ2v) is 5.53. The van der Waals surface area contributed by atoms with Crippen LogP contribution in [-0.4, -0.2) is 23.9 Å². The van der Waals surface area contributed by atoms with Gasteiger partial charge in [-0.3, -0.25) is 9.59 Å². The molecule has 1 heterocycles. The van der Waals surface area contributed by atoms with Gasteiger partial charge in [-0.15, -0.1) is 0 Å². The molecule has 0 aromatic heterocycles. The fourth-order valence-electron chi connectivity index (χ4n) is 2.43. The van der Waals surface area contributed by atoms with Gasteiger partial charge in [-0.05, 0) is 57.0 Å². The van der Waals surface area contributed by atoms with E-state index in [2.05, 4.69) is 16.0 Å². The highest BCUT2D eigenvalue weighted by Crippen LogP contribution is 2.23. The normalized spacial score (nSPS) is 21.6. The van der Waals surface area contributed by atoms with E-state index in [4.69, 9.17) is 0 Å². The van der Waals surface area contributed by atoms with Gasteiger partial charge in [-0.2, -0.15) is 0 Å². The molecule has 1 aromatic carbocycles. The lowest BCUT2D eigenvalue weighted by atomic mass is 9.99. The maximum atomic E-state index is 12.3. The van der Waals surface area contributed by atoms with Crippen molar-refractivity contribution in [3.63, 3.8) is 0 Å². The first kappa shape index (κ1) is 14.5. The summed E-state index contributed by atoms with van der Waals surface area (Å²) in [5, 5.41) is 8.92. The SMILES string of the molecule is CC(=O)Nc1ccc(NC(=O)C2(C)CCCN2)cc1C. The number of amides is 2. The predicted octanol–water partition coefficient (Wildman–Crippen LogP) is 2.03. The van der Waals surface area contributed by atoms with Crippen LogP contribution in [0.15, 0.2) is 18.2 Å². The molecule has 0 aliphatic carbocycles. The van der Waals surface area contributed by atoms with Crippen LogP contribution in [0.3, 0.4) is 0 Å². The molecule has 1 saturated heterocycles. The van der Waals surface area contributed by atoms with Crippen LogP contribution >= 0.6 is 0 Å². The molecule has 1 atom stereocenters. The molecule has 0 spiro atoms. The Balaban J connectivity index is 2.08. The second kappa shape index (κ2) is 5.63. The van der Waals surface area contributed by atoms with Gasteiger partial charge < -0.3 is 16.0 Å². The predicted molar refractivity (Wildman–Crippen MR) is 79.8 cm³/mol. The Morgan fingerprint density at radius 3 is 2.60 bits per heavy atom. The molecule has 1 unspecified atom stereocenters. The zero-order valence-electron chi connectivity index (χ0n) is 12.2. The van der Waals surface area contributed by atoms with E-state index in [1.165, 1.54) is 6.92 Å². The van der Waals surface area contributed by atoms with Crippen molar-refractivity contribution < 1.29 is 9.59 Å². The largest absolute Gasteiger partial charge is 0.326 e. The lowest BCUT2D eigenvalue weighted by molar-refractivity contribution is -0.121. The standard InChI is InChI=1S/C15H21N3O2/c1-10-9-12(5-6-13(10)17-11(2)19)18-14(20)15(3)7-4-8-16-15/h5-6,9,16H,4,7-8H2,1-3H3,(H,17,19)(H,18,20). The number of benzene rings is 1. The summed E-state index contributed by atoms with van der Waals surface area (Å²) < 4.78 is 0. The molecule has 1 aromatic rings. The Morgan fingerprint density at radius 1 is 1.30 bits per heavy atom. The van der Waals surface area contributed by atoms with E-state index in [9.17, 15) is 9.59 Å². The Hall–Kier alpha value is -1.88. The van der Waals surface area contributed by atoms with E-state index in [0.29, 0.717) is 0 Å². The van der Waals surface area contributed by atoms with Gasteiger partial charge in [0.25, 0.3) is 0 Å². The number of anilines is 2. The zero-order chi connectivity index (χ0) is 14.8. The van der Waals surface area contributed by atoms with Crippen LogP contribution in [0.2, 0.25) is 0 Å². The highest BCUT2D eigenvalue weighted by Gasteiger charge is 2.35.